The predicted molar refractivity (Wildman–Crippen MR) is 118 cm³/mol. The maximum atomic E-state index is 12.7. The number of ketones is 1. The summed E-state index contributed by atoms with van der Waals surface area (Å²) >= 11 is 5.87. The molecule has 7 heteroatoms. The van der Waals surface area contributed by atoms with E-state index in [0.717, 1.165) is 18.4 Å². The lowest BCUT2D eigenvalue weighted by Crippen LogP contribution is -2.18. The Kier molecular flexibility index (Phi) is 6.28. The van der Waals surface area contributed by atoms with Gasteiger partial charge in [-0.25, -0.2) is 0 Å². The quantitative estimate of drug-likeness (QED) is 0.493. The molecule has 1 fully saturated rings. The topological polar surface area (TPSA) is 66.8 Å². The number of aromatic nitrogens is 1. The van der Waals surface area contributed by atoms with Crippen molar-refractivity contribution in [2.24, 2.45) is 5.92 Å². The molecule has 0 radical (unpaired) electrons. The molecular weight excluding hydrogens is 418 g/mol. The van der Waals surface area contributed by atoms with Crippen molar-refractivity contribution in [2.75, 3.05) is 13.7 Å². The van der Waals surface area contributed by atoms with Crippen molar-refractivity contribution in [3.05, 3.63) is 81.7 Å². The summed E-state index contributed by atoms with van der Waals surface area (Å²) in [6.45, 7) is 0.297. The molecule has 0 spiro atoms. The number of nitrogens with zero attached hydrogens (tertiary/aromatic N) is 1. The molecule has 31 heavy (non-hydrogen) atoms. The Labute approximate surface area is 184 Å². The number of rotatable bonds is 9. The third-order valence-electron chi connectivity index (χ3n) is 5.03. The molecule has 0 amide bonds. The fourth-order valence-corrected chi connectivity index (χ4v) is 3.24. The molecule has 0 N–H and O–H groups in total. The van der Waals surface area contributed by atoms with Gasteiger partial charge in [0.05, 0.1) is 12.8 Å². The van der Waals surface area contributed by atoms with Crippen molar-refractivity contribution >= 4 is 17.4 Å². The molecule has 1 heterocycles. The van der Waals surface area contributed by atoms with Crippen LogP contribution in [-0.2, 0) is 11.4 Å². The molecule has 0 bridgehead atoms. The zero-order valence-electron chi connectivity index (χ0n) is 17.0. The highest BCUT2D eigenvalue weighted by Crippen LogP contribution is 2.32. The van der Waals surface area contributed by atoms with Gasteiger partial charge < -0.3 is 14.2 Å². The van der Waals surface area contributed by atoms with Crippen LogP contribution < -0.4 is 19.8 Å². The molecular formula is C24H22ClNO5. The van der Waals surface area contributed by atoms with Crippen LogP contribution in [0.3, 0.4) is 0 Å². The van der Waals surface area contributed by atoms with E-state index in [1.807, 2.05) is 6.07 Å². The van der Waals surface area contributed by atoms with E-state index in [9.17, 15) is 9.59 Å². The van der Waals surface area contributed by atoms with E-state index in [2.05, 4.69) is 0 Å². The van der Waals surface area contributed by atoms with E-state index < -0.39 is 0 Å². The van der Waals surface area contributed by atoms with E-state index in [-0.39, 0.29) is 30.5 Å². The molecule has 160 valence electrons. The van der Waals surface area contributed by atoms with Crippen molar-refractivity contribution in [2.45, 2.75) is 19.4 Å². The summed E-state index contributed by atoms with van der Waals surface area (Å²) < 4.78 is 18.2. The van der Waals surface area contributed by atoms with Crippen molar-refractivity contribution < 1.29 is 19.0 Å². The van der Waals surface area contributed by atoms with Gasteiger partial charge in [-0.05, 0) is 60.9 Å². The zero-order valence-corrected chi connectivity index (χ0v) is 17.8. The Hall–Kier alpha value is -3.25. The van der Waals surface area contributed by atoms with Crippen molar-refractivity contribution in [1.82, 2.24) is 4.57 Å². The lowest BCUT2D eigenvalue weighted by Gasteiger charge is -2.13. The monoisotopic (exact) mass is 439 g/mol. The summed E-state index contributed by atoms with van der Waals surface area (Å²) in [7, 11) is 1.52. The molecule has 6 nitrogen and oxygen atoms in total. The molecule has 0 unspecified atom stereocenters. The molecule has 0 saturated heterocycles. The number of hydrogen-bond acceptors (Lipinski definition) is 5. The number of ether oxygens (including phenoxy) is 3. The van der Waals surface area contributed by atoms with Crippen molar-refractivity contribution in [1.29, 1.82) is 0 Å². The van der Waals surface area contributed by atoms with Gasteiger partial charge in [0, 0.05) is 29.3 Å². The van der Waals surface area contributed by atoms with Gasteiger partial charge in [0.1, 0.15) is 19.0 Å². The fraction of sp³-hybridized carbons (Fsp3) is 0.250. The number of benzene rings is 2. The highest BCUT2D eigenvalue weighted by atomic mass is 35.5. The molecule has 3 aromatic rings. The van der Waals surface area contributed by atoms with Crippen molar-refractivity contribution in [3.8, 4) is 22.9 Å². The number of halogens is 1. The lowest BCUT2D eigenvalue weighted by molar-refractivity contribution is -0.122. The van der Waals surface area contributed by atoms with Crippen molar-refractivity contribution in [3.63, 3.8) is 0 Å². The number of pyridine rings is 1. The Bertz CT molecular complexity index is 1140. The minimum absolute atomic E-state index is 0.0304. The lowest BCUT2D eigenvalue weighted by atomic mass is 10.2. The van der Waals surface area contributed by atoms with Gasteiger partial charge in [0.25, 0.3) is 5.56 Å². The number of hydrogen-bond donors (Lipinski definition) is 0. The highest BCUT2D eigenvalue weighted by Gasteiger charge is 2.29. The fourth-order valence-electron chi connectivity index (χ4n) is 3.12. The standard InChI is InChI=1S/C24H22ClNO5/c1-29-23-13-19(6-9-22(23)31-15-21(27)17-2-3-17)26-11-10-16(12-24(26)28)14-30-20-7-4-18(25)5-8-20/h4-13,17H,2-3,14-15H2,1H3. The Morgan fingerprint density at radius 1 is 1.03 bits per heavy atom. The molecule has 1 aliphatic rings. The van der Waals surface area contributed by atoms with Crippen LogP contribution >= 0.6 is 11.6 Å². The third-order valence-corrected chi connectivity index (χ3v) is 5.28. The van der Waals surface area contributed by atoms with Crippen LogP contribution in [0.4, 0.5) is 0 Å². The molecule has 0 atom stereocenters. The average molecular weight is 440 g/mol. The van der Waals surface area contributed by atoms with Crippen LogP contribution in [0.2, 0.25) is 5.02 Å². The van der Waals surface area contributed by atoms with Gasteiger partial charge in [0.2, 0.25) is 0 Å². The SMILES string of the molecule is COc1cc(-n2ccc(COc3ccc(Cl)cc3)cc2=O)ccc1OCC(=O)C1CC1. The number of methoxy groups -OCH3 is 1. The molecule has 1 aliphatic carbocycles. The minimum Gasteiger partial charge on any atom is -0.493 e. The van der Waals surface area contributed by atoms with Crippen LogP contribution in [0.5, 0.6) is 17.2 Å². The van der Waals surface area contributed by atoms with E-state index in [1.165, 1.54) is 17.7 Å². The average Bonchev–Trinajstić information content (AvgIpc) is 3.63. The van der Waals surface area contributed by atoms with Gasteiger partial charge >= 0.3 is 0 Å². The van der Waals surface area contributed by atoms with Crippen LogP contribution in [0, 0.1) is 5.92 Å². The highest BCUT2D eigenvalue weighted by molar-refractivity contribution is 6.30. The number of Topliss-reactive ketones (excluding diaryl/α,β-unsaturated/α-hetero) is 1. The first kappa shape index (κ1) is 21.0. The molecule has 4 rings (SSSR count). The summed E-state index contributed by atoms with van der Waals surface area (Å²) in [5, 5.41) is 0.635. The smallest absolute Gasteiger partial charge is 0.255 e. The first-order valence-corrected chi connectivity index (χ1v) is 10.3. The van der Waals surface area contributed by atoms with Crippen LogP contribution in [0.15, 0.2) is 65.6 Å². The maximum absolute atomic E-state index is 12.7. The Morgan fingerprint density at radius 3 is 2.48 bits per heavy atom. The van der Waals surface area contributed by atoms with Gasteiger partial charge in [-0.3, -0.25) is 14.2 Å². The first-order valence-electron chi connectivity index (χ1n) is 9.97. The third kappa shape index (κ3) is 5.27. The molecule has 1 aromatic heterocycles. The summed E-state index contributed by atoms with van der Waals surface area (Å²) in [5.41, 5.74) is 1.19. The van der Waals surface area contributed by atoms with Crippen LogP contribution in [-0.4, -0.2) is 24.1 Å². The molecule has 1 saturated carbocycles. The van der Waals surface area contributed by atoms with E-state index in [0.29, 0.717) is 28.0 Å². The van der Waals surface area contributed by atoms with Crippen LogP contribution in [0.25, 0.3) is 5.69 Å². The predicted octanol–water partition coefficient (Wildman–Crippen LogP) is 4.44. The van der Waals surface area contributed by atoms with Gasteiger partial charge in [-0.2, -0.15) is 0 Å². The summed E-state index contributed by atoms with van der Waals surface area (Å²) in [5.74, 6) is 1.86. The van der Waals surface area contributed by atoms with Gasteiger partial charge in [-0.1, -0.05) is 11.6 Å². The van der Waals surface area contributed by atoms with E-state index in [4.69, 9.17) is 25.8 Å². The zero-order chi connectivity index (χ0) is 21.8. The summed E-state index contributed by atoms with van der Waals surface area (Å²) in [4.78, 5) is 24.5. The van der Waals surface area contributed by atoms with Gasteiger partial charge in [0.15, 0.2) is 17.3 Å². The summed E-state index contributed by atoms with van der Waals surface area (Å²) in [6.07, 6.45) is 3.58. The molecule has 2 aromatic carbocycles. The van der Waals surface area contributed by atoms with E-state index >= 15 is 0 Å². The minimum atomic E-state index is -0.197. The second-order valence-corrected chi connectivity index (χ2v) is 7.79. The normalized spacial score (nSPS) is 13.0. The van der Waals surface area contributed by atoms with Gasteiger partial charge in [-0.15, -0.1) is 0 Å². The maximum Gasteiger partial charge on any atom is 0.255 e. The molecule has 0 aliphatic heterocycles. The number of carbonyl (C=O) groups is 1. The first-order chi connectivity index (χ1) is 15.0. The second-order valence-electron chi connectivity index (χ2n) is 7.35. The number of carbonyl (C=O) groups excluding carboxylic acids is 1. The second kappa shape index (κ2) is 9.27. The Balaban J connectivity index is 1.46. The largest absolute Gasteiger partial charge is 0.493 e. The summed E-state index contributed by atoms with van der Waals surface area (Å²) in [6, 6.07) is 15.6. The van der Waals surface area contributed by atoms with E-state index in [1.54, 1.807) is 48.7 Å². The Morgan fingerprint density at radius 2 is 1.81 bits per heavy atom. The van der Waals surface area contributed by atoms with Crippen LogP contribution in [0.1, 0.15) is 18.4 Å².